The third-order valence-corrected chi connectivity index (χ3v) is 1.80. The first-order valence-electron chi connectivity index (χ1n) is 4.82. The fraction of sp³-hybridized carbons (Fsp3) is 0.273. The number of pyridine rings is 1. The molecule has 1 N–H and O–H groups in total. The van der Waals surface area contributed by atoms with Crippen LogP contribution in [0.3, 0.4) is 0 Å². The molecule has 0 aliphatic rings. The van der Waals surface area contributed by atoms with Crippen LogP contribution in [0.2, 0.25) is 0 Å². The summed E-state index contributed by atoms with van der Waals surface area (Å²) in [4.78, 5) is 26.1. The molecule has 1 aromatic rings. The van der Waals surface area contributed by atoms with Crippen LogP contribution < -0.4 is 5.43 Å². The van der Waals surface area contributed by atoms with Gasteiger partial charge in [-0.25, -0.2) is 5.43 Å². The first kappa shape index (κ1) is 12.0. The van der Waals surface area contributed by atoms with Gasteiger partial charge < -0.3 is 0 Å². The summed E-state index contributed by atoms with van der Waals surface area (Å²) >= 11 is 0. The summed E-state index contributed by atoms with van der Waals surface area (Å²) in [5.41, 5.74) is 3.43. The van der Waals surface area contributed by atoms with Crippen LogP contribution in [0.1, 0.15) is 30.6 Å². The first-order valence-corrected chi connectivity index (χ1v) is 4.82. The van der Waals surface area contributed by atoms with Gasteiger partial charge in [0.2, 0.25) is 0 Å². The molecule has 1 amide bonds. The van der Waals surface area contributed by atoms with E-state index in [-0.39, 0.29) is 18.1 Å². The Bertz CT molecular complexity index is 412. The molecule has 0 spiro atoms. The summed E-state index contributed by atoms with van der Waals surface area (Å²) in [6, 6.07) is 3.18. The molecule has 0 saturated heterocycles. The van der Waals surface area contributed by atoms with Crippen molar-refractivity contribution in [1.29, 1.82) is 0 Å². The number of carbonyl (C=O) groups is 2. The Morgan fingerprint density at radius 1 is 1.31 bits per heavy atom. The maximum atomic E-state index is 11.5. The van der Waals surface area contributed by atoms with Crippen LogP contribution in [0.15, 0.2) is 29.6 Å². The van der Waals surface area contributed by atoms with Gasteiger partial charge in [0.25, 0.3) is 5.91 Å². The molecule has 0 aliphatic carbocycles. The first-order chi connectivity index (χ1) is 7.59. The largest absolute Gasteiger partial charge is 0.300 e. The zero-order chi connectivity index (χ0) is 12.0. The minimum absolute atomic E-state index is 0.0133. The van der Waals surface area contributed by atoms with Gasteiger partial charge in [-0.3, -0.25) is 14.6 Å². The van der Waals surface area contributed by atoms with Crippen LogP contribution >= 0.6 is 0 Å². The van der Waals surface area contributed by atoms with Gasteiger partial charge in [-0.15, -0.1) is 0 Å². The van der Waals surface area contributed by atoms with E-state index in [9.17, 15) is 9.59 Å². The van der Waals surface area contributed by atoms with E-state index in [4.69, 9.17) is 0 Å². The number of rotatable bonds is 4. The number of Topliss-reactive ketones (excluding diaryl/α,β-unsaturated/α-hetero) is 1. The summed E-state index contributed by atoms with van der Waals surface area (Å²) < 4.78 is 0. The predicted octanol–water partition coefficient (Wildman–Crippen LogP) is 1.17. The highest BCUT2D eigenvalue weighted by atomic mass is 16.2. The number of hydrogen-bond donors (Lipinski definition) is 1. The van der Waals surface area contributed by atoms with Crippen LogP contribution in [0.4, 0.5) is 0 Å². The molecule has 1 heterocycles. The molecule has 0 fully saturated rings. The number of nitrogens with zero attached hydrogens (tertiary/aromatic N) is 2. The molecule has 0 bridgehead atoms. The van der Waals surface area contributed by atoms with Crippen molar-refractivity contribution < 1.29 is 9.59 Å². The zero-order valence-electron chi connectivity index (χ0n) is 9.23. The monoisotopic (exact) mass is 219 g/mol. The van der Waals surface area contributed by atoms with Gasteiger partial charge in [-0.2, -0.15) is 5.10 Å². The fourth-order valence-corrected chi connectivity index (χ4v) is 1.11. The van der Waals surface area contributed by atoms with Gasteiger partial charge in [0.1, 0.15) is 5.78 Å². The molecule has 84 valence electrons. The minimum atomic E-state index is -0.315. The number of hydrazone groups is 1. The second kappa shape index (κ2) is 5.75. The quantitative estimate of drug-likeness (QED) is 0.610. The lowest BCUT2D eigenvalue weighted by Gasteiger charge is -2.00. The Hall–Kier alpha value is -2.04. The highest BCUT2D eigenvalue weighted by Crippen LogP contribution is 1.95. The Morgan fingerprint density at radius 3 is 2.50 bits per heavy atom. The lowest BCUT2D eigenvalue weighted by atomic mass is 10.2. The van der Waals surface area contributed by atoms with E-state index in [0.29, 0.717) is 11.3 Å². The van der Waals surface area contributed by atoms with Crippen LogP contribution in [0.5, 0.6) is 0 Å². The van der Waals surface area contributed by atoms with Gasteiger partial charge in [0.05, 0.1) is 0 Å². The third-order valence-electron chi connectivity index (χ3n) is 1.80. The summed E-state index contributed by atoms with van der Waals surface area (Å²) in [6.45, 7) is 3.16. The Kier molecular flexibility index (Phi) is 4.32. The third kappa shape index (κ3) is 4.00. The molecular formula is C11H13N3O2. The number of aromatic nitrogens is 1. The van der Waals surface area contributed by atoms with Crippen LogP contribution in [-0.4, -0.2) is 22.4 Å². The summed E-state index contributed by atoms with van der Waals surface area (Å²) in [5, 5.41) is 3.82. The Labute approximate surface area is 93.6 Å². The smallest absolute Gasteiger partial charge is 0.271 e. The highest BCUT2D eigenvalue weighted by molar-refractivity contribution is 6.01. The van der Waals surface area contributed by atoms with Gasteiger partial charge in [0.15, 0.2) is 0 Å². The van der Waals surface area contributed by atoms with Crippen LogP contribution in [0.25, 0.3) is 0 Å². The predicted molar refractivity (Wildman–Crippen MR) is 60.1 cm³/mol. The van der Waals surface area contributed by atoms with E-state index in [1.54, 1.807) is 19.1 Å². The lowest BCUT2D eigenvalue weighted by Crippen LogP contribution is -2.19. The topological polar surface area (TPSA) is 71.4 Å². The maximum absolute atomic E-state index is 11.5. The van der Waals surface area contributed by atoms with Crippen molar-refractivity contribution in [3.8, 4) is 0 Å². The van der Waals surface area contributed by atoms with E-state index in [1.807, 2.05) is 0 Å². The van der Waals surface area contributed by atoms with E-state index in [1.165, 1.54) is 19.3 Å². The SMILES string of the molecule is CC(=O)C/C(C)=N\NC(=O)c1ccncc1. The maximum Gasteiger partial charge on any atom is 0.271 e. The second-order valence-electron chi connectivity index (χ2n) is 3.40. The molecule has 0 radical (unpaired) electrons. The molecule has 0 saturated carbocycles. The number of hydrogen-bond acceptors (Lipinski definition) is 4. The summed E-state index contributed by atoms with van der Waals surface area (Å²) in [6.07, 6.45) is 3.30. The molecule has 5 nitrogen and oxygen atoms in total. The van der Waals surface area contributed by atoms with Crippen molar-refractivity contribution in [2.24, 2.45) is 5.10 Å². The molecular weight excluding hydrogens is 206 g/mol. The van der Waals surface area contributed by atoms with Crippen molar-refractivity contribution in [2.45, 2.75) is 20.3 Å². The summed E-state index contributed by atoms with van der Waals surface area (Å²) in [7, 11) is 0. The molecule has 0 atom stereocenters. The average Bonchev–Trinajstić information content (AvgIpc) is 2.26. The Morgan fingerprint density at radius 2 is 1.94 bits per heavy atom. The van der Waals surface area contributed by atoms with Crippen molar-refractivity contribution in [3.63, 3.8) is 0 Å². The molecule has 5 heteroatoms. The second-order valence-corrected chi connectivity index (χ2v) is 3.40. The van der Waals surface area contributed by atoms with E-state index in [0.717, 1.165) is 0 Å². The van der Waals surface area contributed by atoms with E-state index >= 15 is 0 Å². The van der Waals surface area contributed by atoms with Gasteiger partial charge >= 0.3 is 0 Å². The lowest BCUT2D eigenvalue weighted by molar-refractivity contribution is -0.115. The van der Waals surface area contributed by atoms with E-state index < -0.39 is 0 Å². The van der Waals surface area contributed by atoms with Gasteiger partial charge in [-0.1, -0.05) is 0 Å². The van der Waals surface area contributed by atoms with Crippen molar-refractivity contribution in [2.75, 3.05) is 0 Å². The van der Waals surface area contributed by atoms with Crippen LogP contribution in [0, 0.1) is 0 Å². The molecule has 0 aliphatic heterocycles. The number of carbonyl (C=O) groups excluding carboxylic acids is 2. The minimum Gasteiger partial charge on any atom is -0.300 e. The molecule has 0 aromatic carbocycles. The zero-order valence-corrected chi connectivity index (χ0v) is 9.23. The standard InChI is InChI=1S/C11H13N3O2/c1-8(7-9(2)15)13-14-11(16)10-3-5-12-6-4-10/h3-6H,7H2,1-2H3,(H,14,16)/b13-8-. The van der Waals surface area contributed by atoms with Crippen molar-refractivity contribution in [1.82, 2.24) is 10.4 Å². The number of amides is 1. The van der Waals surface area contributed by atoms with Gasteiger partial charge in [0, 0.05) is 30.1 Å². The fourth-order valence-electron chi connectivity index (χ4n) is 1.11. The van der Waals surface area contributed by atoms with Gasteiger partial charge in [-0.05, 0) is 26.0 Å². The molecule has 1 rings (SSSR count). The van der Waals surface area contributed by atoms with Crippen LogP contribution in [-0.2, 0) is 4.79 Å². The number of nitrogens with one attached hydrogen (secondary N) is 1. The van der Waals surface area contributed by atoms with Crippen molar-refractivity contribution >= 4 is 17.4 Å². The van der Waals surface area contributed by atoms with Crippen molar-refractivity contribution in [3.05, 3.63) is 30.1 Å². The molecule has 1 aromatic heterocycles. The molecule has 16 heavy (non-hydrogen) atoms. The van der Waals surface area contributed by atoms with E-state index in [2.05, 4.69) is 15.5 Å². The normalized spacial score (nSPS) is 11.0. The average molecular weight is 219 g/mol. The number of ketones is 1. The highest BCUT2D eigenvalue weighted by Gasteiger charge is 2.03. The molecule has 0 unspecified atom stereocenters. The summed E-state index contributed by atoms with van der Waals surface area (Å²) in [5.74, 6) is -0.301. The Balaban J connectivity index is 2.56.